The molecular formula is C16H16N2O3S. The van der Waals surface area contributed by atoms with Crippen molar-refractivity contribution in [3.8, 4) is 11.5 Å². The average Bonchev–Trinajstić information content (AvgIpc) is 2.59. The van der Waals surface area contributed by atoms with Crippen LogP contribution in [-0.2, 0) is 11.3 Å². The smallest absolute Gasteiger partial charge is 0.230 e. The van der Waals surface area contributed by atoms with Gasteiger partial charge in [0.2, 0.25) is 5.91 Å². The molecule has 1 amide bonds. The van der Waals surface area contributed by atoms with Gasteiger partial charge < -0.3 is 14.8 Å². The van der Waals surface area contributed by atoms with E-state index in [9.17, 15) is 4.79 Å². The Morgan fingerprint density at radius 1 is 1.23 bits per heavy atom. The zero-order valence-corrected chi connectivity index (χ0v) is 12.8. The maximum Gasteiger partial charge on any atom is 0.230 e. The highest BCUT2D eigenvalue weighted by Gasteiger charge is 2.12. The summed E-state index contributed by atoms with van der Waals surface area (Å²) in [5.74, 6) is 1.85. The molecule has 1 aromatic heterocycles. The van der Waals surface area contributed by atoms with Crippen LogP contribution in [-0.4, -0.2) is 29.9 Å². The van der Waals surface area contributed by atoms with E-state index in [2.05, 4.69) is 10.3 Å². The lowest BCUT2D eigenvalue weighted by Crippen LogP contribution is -2.24. The van der Waals surface area contributed by atoms with E-state index in [0.717, 1.165) is 22.0 Å². The molecule has 3 rings (SSSR count). The van der Waals surface area contributed by atoms with Gasteiger partial charge in [0.15, 0.2) is 11.5 Å². The Labute approximate surface area is 133 Å². The van der Waals surface area contributed by atoms with Crippen LogP contribution in [0.25, 0.3) is 0 Å². The third kappa shape index (κ3) is 3.92. The van der Waals surface area contributed by atoms with E-state index in [0.29, 0.717) is 25.5 Å². The number of pyridine rings is 1. The van der Waals surface area contributed by atoms with Crippen LogP contribution in [0, 0.1) is 0 Å². The van der Waals surface area contributed by atoms with Gasteiger partial charge in [0, 0.05) is 23.8 Å². The van der Waals surface area contributed by atoms with Gasteiger partial charge in [-0.25, -0.2) is 0 Å². The van der Waals surface area contributed by atoms with Gasteiger partial charge in [-0.2, -0.15) is 0 Å². The zero-order valence-electron chi connectivity index (χ0n) is 12.0. The maximum atomic E-state index is 11.9. The SMILES string of the molecule is O=C(CSc1ccc2c(c1)OCCO2)NCc1cccnc1. The molecule has 1 aliphatic heterocycles. The number of thioether (sulfide) groups is 1. The number of hydrogen-bond donors (Lipinski definition) is 1. The predicted octanol–water partition coefficient (Wildman–Crippen LogP) is 2.26. The van der Waals surface area contributed by atoms with Crippen molar-refractivity contribution in [1.82, 2.24) is 10.3 Å². The van der Waals surface area contributed by atoms with Crippen LogP contribution in [0.5, 0.6) is 11.5 Å². The first kappa shape index (κ1) is 14.7. The molecular weight excluding hydrogens is 300 g/mol. The van der Waals surface area contributed by atoms with Crippen molar-refractivity contribution in [2.24, 2.45) is 0 Å². The fourth-order valence-corrected chi connectivity index (χ4v) is 2.77. The Hall–Kier alpha value is -2.21. The number of rotatable bonds is 5. The van der Waals surface area contributed by atoms with Gasteiger partial charge >= 0.3 is 0 Å². The van der Waals surface area contributed by atoms with E-state index >= 15 is 0 Å². The van der Waals surface area contributed by atoms with Gasteiger partial charge in [-0.05, 0) is 29.8 Å². The number of carbonyl (C=O) groups is 1. The molecule has 114 valence electrons. The molecule has 0 fully saturated rings. The Kier molecular flexibility index (Phi) is 4.80. The molecule has 22 heavy (non-hydrogen) atoms. The lowest BCUT2D eigenvalue weighted by atomic mass is 10.3. The van der Waals surface area contributed by atoms with Crippen LogP contribution in [0.3, 0.4) is 0 Å². The van der Waals surface area contributed by atoms with Crippen molar-refractivity contribution in [1.29, 1.82) is 0 Å². The van der Waals surface area contributed by atoms with Gasteiger partial charge in [-0.3, -0.25) is 9.78 Å². The number of fused-ring (bicyclic) bond motifs is 1. The van der Waals surface area contributed by atoms with Crippen LogP contribution in [0.1, 0.15) is 5.56 Å². The lowest BCUT2D eigenvalue weighted by Gasteiger charge is -2.18. The van der Waals surface area contributed by atoms with E-state index in [-0.39, 0.29) is 5.91 Å². The highest BCUT2D eigenvalue weighted by molar-refractivity contribution is 8.00. The highest BCUT2D eigenvalue weighted by Crippen LogP contribution is 2.34. The number of ether oxygens (including phenoxy) is 2. The van der Waals surface area contributed by atoms with Gasteiger partial charge in [0.25, 0.3) is 0 Å². The summed E-state index contributed by atoms with van der Waals surface area (Å²) in [7, 11) is 0. The number of nitrogens with zero attached hydrogens (tertiary/aromatic N) is 1. The fourth-order valence-electron chi connectivity index (χ4n) is 2.02. The van der Waals surface area contributed by atoms with E-state index in [4.69, 9.17) is 9.47 Å². The molecule has 5 nitrogen and oxygen atoms in total. The average molecular weight is 316 g/mol. The van der Waals surface area contributed by atoms with Crippen molar-refractivity contribution in [2.75, 3.05) is 19.0 Å². The molecule has 0 spiro atoms. The Morgan fingerprint density at radius 2 is 2.09 bits per heavy atom. The summed E-state index contributed by atoms with van der Waals surface area (Å²) in [6.45, 7) is 1.64. The molecule has 1 N–H and O–H groups in total. The third-order valence-electron chi connectivity index (χ3n) is 3.10. The largest absolute Gasteiger partial charge is 0.486 e. The Balaban J connectivity index is 1.48. The van der Waals surface area contributed by atoms with Crippen LogP contribution in [0.15, 0.2) is 47.6 Å². The number of benzene rings is 1. The predicted molar refractivity (Wildman–Crippen MR) is 84.2 cm³/mol. The first-order valence-electron chi connectivity index (χ1n) is 6.99. The molecule has 1 aliphatic rings. The summed E-state index contributed by atoms with van der Waals surface area (Å²) in [4.78, 5) is 16.9. The molecule has 0 bridgehead atoms. The summed E-state index contributed by atoms with van der Waals surface area (Å²) >= 11 is 1.47. The Morgan fingerprint density at radius 3 is 2.91 bits per heavy atom. The molecule has 1 aromatic carbocycles. The molecule has 6 heteroatoms. The van der Waals surface area contributed by atoms with Gasteiger partial charge in [0.05, 0.1) is 5.75 Å². The van der Waals surface area contributed by atoms with Crippen LogP contribution in [0.2, 0.25) is 0 Å². The lowest BCUT2D eigenvalue weighted by molar-refractivity contribution is -0.118. The van der Waals surface area contributed by atoms with Gasteiger partial charge in [-0.15, -0.1) is 11.8 Å². The number of nitrogens with one attached hydrogen (secondary N) is 1. The molecule has 2 heterocycles. The molecule has 0 saturated heterocycles. The quantitative estimate of drug-likeness (QED) is 0.858. The molecule has 2 aromatic rings. The highest BCUT2D eigenvalue weighted by atomic mass is 32.2. The van der Waals surface area contributed by atoms with Gasteiger partial charge in [-0.1, -0.05) is 6.07 Å². The minimum absolute atomic E-state index is 0.0104. The van der Waals surface area contributed by atoms with Crippen molar-refractivity contribution >= 4 is 17.7 Å². The van der Waals surface area contributed by atoms with Crippen LogP contribution >= 0.6 is 11.8 Å². The summed E-state index contributed by atoms with van der Waals surface area (Å²) in [5.41, 5.74) is 0.986. The first-order valence-corrected chi connectivity index (χ1v) is 7.98. The van der Waals surface area contributed by atoms with Crippen molar-refractivity contribution in [2.45, 2.75) is 11.4 Å². The summed E-state index contributed by atoms with van der Waals surface area (Å²) < 4.78 is 11.0. The number of amides is 1. The van der Waals surface area contributed by atoms with Crippen LogP contribution < -0.4 is 14.8 Å². The van der Waals surface area contributed by atoms with Crippen molar-refractivity contribution < 1.29 is 14.3 Å². The second kappa shape index (κ2) is 7.17. The number of carbonyl (C=O) groups excluding carboxylic acids is 1. The van der Waals surface area contributed by atoms with Crippen molar-refractivity contribution in [3.05, 3.63) is 48.3 Å². The van der Waals surface area contributed by atoms with E-state index in [1.165, 1.54) is 11.8 Å². The number of aromatic nitrogens is 1. The minimum Gasteiger partial charge on any atom is -0.486 e. The monoisotopic (exact) mass is 316 g/mol. The van der Waals surface area contributed by atoms with Crippen LogP contribution in [0.4, 0.5) is 0 Å². The summed E-state index contributed by atoms with van der Waals surface area (Å²) in [5, 5.41) is 2.88. The normalized spacial score (nSPS) is 12.7. The Bertz CT molecular complexity index is 649. The van der Waals surface area contributed by atoms with Crippen molar-refractivity contribution in [3.63, 3.8) is 0 Å². The second-order valence-corrected chi connectivity index (χ2v) is 5.78. The fraction of sp³-hybridized carbons (Fsp3) is 0.250. The zero-order chi connectivity index (χ0) is 15.2. The minimum atomic E-state index is -0.0104. The first-order chi connectivity index (χ1) is 10.8. The standard InChI is InChI=1S/C16H16N2O3S/c19-16(18-10-12-2-1-5-17-9-12)11-22-13-3-4-14-15(8-13)21-7-6-20-14/h1-5,8-9H,6-7,10-11H2,(H,18,19). The number of hydrogen-bond acceptors (Lipinski definition) is 5. The second-order valence-electron chi connectivity index (χ2n) is 4.73. The molecule has 0 radical (unpaired) electrons. The van der Waals surface area contributed by atoms with E-state index in [1.54, 1.807) is 12.4 Å². The van der Waals surface area contributed by atoms with E-state index < -0.39 is 0 Å². The third-order valence-corrected chi connectivity index (χ3v) is 4.09. The summed E-state index contributed by atoms with van der Waals surface area (Å²) in [6.07, 6.45) is 3.46. The summed E-state index contributed by atoms with van der Waals surface area (Å²) in [6, 6.07) is 9.51. The molecule has 0 atom stereocenters. The van der Waals surface area contributed by atoms with E-state index in [1.807, 2.05) is 30.3 Å². The molecule has 0 unspecified atom stereocenters. The molecule has 0 aliphatic carbocycles. The van der Waals surface area contributed by atoms with Gasteiger partial charge in [0.1, 0.15) is 13.2 Å². The maximum absolute atomic E-state index is 11.9. The molecule has 0 saturated carbocycles. The topological polar surface area (TPSA) is 60.5 Å².